The van der Waals surface area contributed by atoms with Crippen LogP contribution in [0.25, 0.3) is 19.9 Å². The van der Waals surface area contributed by atoms with E-state index in [1.165, 1.54) is 0 Å². The number of sulfonamides is 4. The molecule has 0 aliphatic carbocycles. The zero-order valence-electron chi connectivity index (χ0n) is 31.2. The number of halogens is 18. The average molecular weight is 1030 g/mol. The van der Waals surface area contributed by atoms with E-state index in [-0.39, 0.29) is 25.9 Å². The van der Waals surface area contributed by atoms with Crippen LogP contribution in [0.1, 0.15) is 65.2 Å². The Labute approximate surface area is 341 Å². The molecule has 2 rings (SSSR count). The van der Waals surface area contributed by atoms with Crippen molar-refractivity contribution in [1.82, 2.24) is 9.13 Å². The van der Waals surface area contributed by atoms with Crippen molar-refractivity contribution in [2.45, 2.75) is 126 Å². The van der Waals surface area contributed by atoms with Gasteiger partial charge in [0, 0.05) is 12.8 Å². The van der Waals surface area contributed by atoms with Gasteiger partial charge in [0.05, 0.1) is 26.2 Å². The lowest BCUT2D eigenvalue weighted by molar-refractivity contribution is -0.715. The number of alkyl halides is 18. The van der Waals surface area contributed by atoms with Gasteiger partial charge in [0.1, 0.15) is 24.8 Å². The van der Waals surface area contributed by atoms with Crippen molar-refractivity contribution in [3.05, 3.63) is 33.0 Å². The van der Waals surface area contributed by atoms with Crippen LogP contribution in [0.15, 0.2) is 24.8 Å². The number of hydrogen-bond acceptors (Lipinski definition) is 8. The van der Waals surface area contributed by atoms with Crippen molar-refractivity contribution < 1.29 is 122 Å². The summed E-state index contributed by atoms with van der Waals surface area (Å²) in [7, 11) is -26.9. The van der Waals surface area contributed by atoms with Crippen molar-refractivity contribution in [2.24, 2.45) is 0 Å². The Morgan fingerprint density at radius 3 is 0.887 bits per heavy atom. The molecule has 14 nitrogen and oxygen atoms in total. The second kappa shape index (κ2) is 21.7. The van der Waals surface area contributed by atoms with Crippen LogP contribution in [0.3, 0.4) is 0 Å². The third-order valence-electron chi connectivity index (χ3n) is 6.93. The number of rotatable bonds is 17. The van der Waals surface area contributed by atoms with Crippen LogP contribution in [0.2, 0.25) is 0 Å². The maximum Gasteiger partial charge on any atom is 0.480 e. The van der Waals surface area contributed by atoms with Crippen LogP contribution in [-0.4, -0.2) is 77.2 Å². The van der Waals surface area contributed by atoms with E-state index < -0.39 is 87.3 Å². The van der Waals surface area contributed by atoms with Crippen molar-refractivity contribution >= 4 is 40.1 Å². The molecule has 0 saturated heterocycles. The molecule has 0 fully saturated rings. The molecule has 0 atom stereocenters. The molecule has 0 bridgehead atoms. The number of aryl methyl sites for hydroxylation is 4. The molecule has 36 heteroatoms. The lowest BCUT2D eigenvalue weighted by atomic mass is 10.3. The number of imidazole rings is 2. The molecule has 0 unspecified atom stereocenters. The van der Waals surface area contributed by atoms with Gasteiger partial charge in [0.25, 0.3) is 0 Å². The fraction of sp³-hybridized carbons (Fsp3) is 0.769. The first-order valence-corrected chi connectivity index (χ1v) is 22.3. The Balaban J connectivity index is 0.00000103. The lowest BCUT2D eigenvalue weighted by Crippen LogP contribution is -2.43. The molecule has 0 radical (unpaired) electrons. The molecule has 0 aliphatic rings. The van der Waals surface area contributed by atoms with Crippen LogP contribution < -0.4 is 9.13 Å². The highest BCUT2D eigenvalue weighted by Crippen LogP contribution is 2.37. The van der Waals surface area contributed by atoms with Gasteiger partial charge in [-0.25, -0.2) is 51.9 Å². The van der Waals surface area contributed by atoms with Crippen molar-refractivity contribution in [3.8, 4) is 11.6 Å². The second-order valence-corrected chi connectivity index (χ2v) is 18.8. The van der Waals surface area contributed by atoms with Gasteiger partial charge in [-0.05, 0) is 25.7 Å². The molecule has 0 aliphatic heterocycles. The molecule has 366 valence electrons. The first-order chi connectivity index (χ1) is 27.5. The molecule has 2 aromatic heterocycles. The molecule has 0 N–H and O–H groups in total. The highest BCUT2D eigenvalue weighted by Gasteiger charge is 2.48. The summed E-state index contributed by atoms with van der Waals surface area (Å²) in [5.74, 6) is 1.49. The molecule has 0 saturated carbocycles. The third kappa shape index (κ3) is 18.9. The summed E-state index contributed by atoms with van der Waals surface area (Å²) in [6.45, 7) is 5.88. The summed E-state index contributed by atoms with van der Waals surface area (Å²) in [5, 5.41) is 0. The van der Waals surface area contributed by atoms with Crippen LogP contribution in [0.5, 0.6) is 0 Å². The molecule has 0 amide bonds. The topological polar surface area (TPSA) is 182 Å². The van der Waals surface area contributed by atoms with E-state index in [4.69, 9.17) is 0 Å². The highest BCUT2D eigenvalue weighted by molar-refractivity contribution is 8.13. The highest BCUT2D eigenvalue weighted by atomic mass is 32.3. The average Bonchev–Trinajstić information content (AvgIpc) is 3.61. The summed E-state index contributed by atoms with van der Waals surface area (Å²) in [4.78, 5) is 0. The van der Waals surface area contributed by atoms with E-state index in [0.29, 0.717) is 13.1 Å². The SMILES string of the molecule is CCCCn1cc[n+](CCCC(F)(F)F)c1-c1n(CCCC)cc[n+]1CCCC(F)(F)F.O=S(=O)([N-]S(=O)(=O)C(F)(F)F)C(F)(F)F.O=S(=O)([N-]S(=O)(=O)C(F)(F)F)C(F)(F)F. The summed E-state index contributed by atoms with van der Waals surface area (Å²) in [6.07, 6.45) is 0.678. The molecular formula is C26H34F18N6O8S4. The van der Waals surface area contributed by atoms with Gasteiger partial charge in [-0.1, -0.05) is 26.7 Å². The molecular weight excluding hydrogens is 995 g/mol. The van der Waals surface area contributed by atoms with Gasteiger partial charge in [-0.3, -0.25) is 0 Å². The summed E-state index contributed by atoms with van der Waals surface area (Å²) < 4.78 is 302. The van der Waals surface area contributed by atoms with Crippen molar-refractivity contribution in [3.63, 3.8) is 0 Å². The number of hydrogen-bond donors (Lipinski definition) is 0. The minimum atomic E-state index is -6.72. The number of nitrogens with zero attached hydrogens (tertiary/aromatic N) is 6. The quantitative estimate of drug-likeness (QED) is 0.113. The predicted molar refractivity (Wildman–Crippen MR) is 175 cm³/mol. The molecule has 2 heterocycles. The minimum Gasteiger partial charge on any atom is -0.421 e. The lowest BCUT2D eigenvalue weighted by Gasteiger charge is -2.22. The van der Waals surface area contributed by atoms with E-state index in [1.807, 2.05) is 21.5 Å². The Bertz CT molecular complexity index is 1940. The van der Waals surface area contributed by atoms with Crippen LogP contribution in [0.4, 0.5) is 79.0 Å². The first kappa shape index (κ1) is 58.9. The van der Waals surface area contributed by atoms with E-state index >= 15 is 0 Å². The van der Waals surface area contributed by atoms with Crippen molar-refractivity contribution in [2.75, 3.05) is 0 Å². The zero-order valence-corrected chi connectivity index (χ0v) is 34.4. The van der Waals surface area contributed by atoms with Gasteiger partial charge in [-0.2, -0.15) is 79.0 Å². The van der Waals surface area contributed by atoms with Gasteiger partial charge < -0.3 is 8.25 Å². The second-order valence-electron chi connectivity index (χ2n) is 12.0. The van der Waals surface area contributed by atoms with E-state index in [2.05, 4.69) is 13.8 Å². The maximum absolute atomic E-state index is 12.7. The zero-order chi connectivity index (χ0) is 49.2. The molecule has 2 aromatic rings. The summed E-state index contributed by atoms with van der Waals surface area (Å²) in [5.41, 5.74) is -24.8. The number of aromatic nitrogens is 4. The van der Waals surface area contributed by atoms with Crippen molar-refractivity contribution in [1.29, 1.82) is 0 Å². The fourth-order valence-corrected chi connectivity index (χ4v) is 7.57. The minimum absolute atomic E-state index is 0.0529. The van der Waals surface area contributed by atoms with E-state index in [1.54, 1.807) is 21.5 Å². The van der Waals surface area contributed by atoms with Crippen LogP contribution in [-0.2, 0) is 66.3 Å². The monoisotopic (exact) mass is 1030 g/mol. The smallest absolute Gasteiger partial charge is 0.421 e. The van der Waals surface area contributed by atoms with Gasteiger partial charge in [0.2, 0.25) is 0 Å². The van der Waals surface area contributed by atoms with Crippen LogP contribution in [0, 0.1) is 0 Å². The molecule has 0 aromatic carbocycles. The van der Waals surface area contributed by atoms with E-state index in [0.717, 1.165) is 45.6 Å². The normalized spacial score (nSPS) is 13.9. The number of unbranched alkanes of at least 4 members (excludes halogenated alkanes) is 2. The Morgan fingerprint density at radius 2 is 0.694 bits per heavy atom. The predicted octanol–water partition coefficient (Wildman–Crippen LogP) is 7.94. The Kier molecular flexibility index (Phi) is 20.6. The van der Waals surface area contributed by atoms with Gasteiger partial charge >= 0.3 is 46.0 Å². The maximum atomic E-state index is 12.7. The van der Waals surface area contributed by atoms with Gasteiger partial charge in [0.15, 0.2) is 40.1 Å². The Hall–Kier alpha value is -3.12. The third-order valence-corrected chi connectivity index (χ3v) is 12.4. The standard InChI is InChI=1S/C22H34F6N4.2C2F6NO4S2/c1-3-5-11-29-15-17-31(13-7-9-21(23,24)25)19(29)20-30(12-6-4-2)16-18-32(20)14-8-10-22(26,27)28;2*3-1(4,5)14(10,11)9-15(12,13)2(6,7)8/h15-18H,3-14H2,1-2H3;;/q+2;2*-1. The largest absolute Gasteiger partial charge is 0.480 e. The molecule has 0 spiro atoms. The first-order valence-electron chi connectivity index (χ1n) is 16.5. The van der Waals surface area contributed by atoms with E-state index in [9.17, 15) is 113 Å². The van der Waals surface area contributed by atoms with Gasteiger partial charge in [-0.15, -0.1) is 0 Å². The summed E-state index contributed by atoms with van der Waals surface area (Å²) in [6, 6.07) is 0. The Morgan fingerprint density at radius 1 is 0.452 bits per heavy atom. The molecule has 62 heavy (non-hydrogen) atoms. The van der Waals surface area contributed by atoms with Crippen LogP contribution >= 0.6 is 0 Å². The fourth-order valence-electron chi connectivity index (χ4n) is 4.15. The summed E-state index contributed by atoms with van der Waals surface area (Å²) >= 11 is 0.